The number of nitrogens with zero attached hydrogens (tertiary/aromatic N) is 3. The molecule has 1 fully saturated rings. The molecule has 0 amide bonds. The van der Waals surface area contributed by atoms with E-state index >= 15 is 0 Å². The van der Waals surface area contributed by atoms with Gasteiger partial charge in [-0.2, -0.15) is 0 Å². The smallest absolute Gasteiger partial charge is 0.113 e. The van der Waals surface area contributed by atoms with E-state index < -0.39 is 18.3 Å². The van der Waals surface area contributed by atoms with Gasteiger partial charge in [0, 0.05) is 15.7 Å². The third kappa shape index (κ3) is 3.45. The van der Waals surface area contributed by atoms with Crippen LogP contribution < -0.4 is 0 Å². The van der Waals surface area contributed by atoms with Crippen LogP contribution in [-0.2, 0) is 4.74 Å². The quantitative estimate of drug-likeness (QED) is 0.505. The minimum Gasteiger partial charge on any atom is -0.390 e. The molecule has 1 heterocycles. The molecule has 0 aromatic heterocycles. The molecule has 5 atom stereocenters. The highest BCUT2D eigenvalue weighted by Crippen LogP contribution is 2.36. The van der Waals surface area contributed by atoms with Crippen molar-refractivity contribution in [3.05, 3.63) is 40.8 Å². The Kier molecular flexibility index (Phi) is 5.28. The van der Waals surface area contributed by atoms with Gasteiger partial charge in [0.25, 0.3) is 0 Å². The lowest BCUT2D eigenvalue weighted by atomic mass is 9.93. The zero-order valence-electron chi connectivity index (χ0n) is 11.0. The molecule has 2 N–H and O–H groups in total. The van der Waals surface area contributed by atoms with Gasteiger partial charge in [0.2, 0.25) is 0 Å². The number of hydrogen-bond donors (Lipinski definition) is 2. The first-order chi connectivity index (χ1) is 9.63. The van der Waals surface area contributed by atoms with Crippen LogP contribution in [0.3, 0.4) is 0 Å². The minimum atomic E-state index is -1.04. The van der Waals surface area contributed by atoms with Crippen LogP contribution in [-0.4, -0.2) is 40.5 Å². The summed E-state index contributed by atoms with van der Waals surface area (Å²) in [7, 11) is 0. The fourth-order valence-corrected chi connectivity index (χ4v) is 3.26. The number of aliphatic hydroxyl groups is 2. The van der Waals surface area contributed by atoms with Gasteiger partial charge < -0.3 is 14.9 Å². The van der Waals surface area contributed by atoms with Crippen molar-refractivity contribution in [1.82, 2.24) is 0 Å². The summed E-state index contributed by atoms with van der Waals surface area (Å²) in [6.07, 6.45) is -2.62. The number of hydrogen-bond acceptors (Lipinski definition) is 5. The summed E-state index contributed by atoms with van der Waals surface area (Å²) in [6.45, 7) is 1.84. The normalized spacial score (nSPS) is 33.5. The summed E-state index contributed by atoms with van der Waals surface area (Å²) in [5.41, 5.74) is 8.06. The molecular formula is C13H17N3O3S. The Labute approximate surface area is 121 Å². The molecular weight excluding hydrogens is 278 g/mol. The Hall–Kier alpha value is -1.24. The molecule has 1 aliphatic rings. The van der Waals surface area contributed by atoms with Crippen molar-refractivity contribution in [2.45, 2.75) is 35.6 Å². The molecule has 1 saturated heterocycles. The van der Waals surface area contributed by atoms with E-state index in [9.17, 15) is 10.2 Å². The lowest BCUT2D eigenvalue weighted by Gasteiger charge is -2.40. The van der Waals surface area contributed by atoms with Gasteiger partial charge >= 0.3 is 0 Å². The first-order valence-corrected chi connectivity index (χ1v) is 7.25. The molecule has 0 aliphatic carbocycles. The Balaban J connectivity index is 2.09. The van der Waals surface area contributed by atoms with Crippen molar-refractivity contribution in [3.63, 3.8) is 0 Å². The summed E-state index contributed by atoms with van der Waals surface area (Å²) in [6, 6.07) is 9.70. The van der Waals surface area contributed by atoms with E-state index in [0.717, 1.165) is 4.90 Å². The standard InChI is InChI=1S/C13H17N3O3S/c1-8-11(17)12(18)10(7-15-16-14)19-13(8)20-9-5-3-2-4-6-9/h2-6,8,10-13,17-18H,7H2,1H3/t8?,10?,11-,12-,13+/m1/s1. The highest BCUT2D eigenvalue weighted by atomic mass is 32.2. The second-order valence-electron chi connectivity index (χ2n) is 4.73. The Bertz CT molecular complexity index is 481. The van der Waals surface area contributed by atoms with Gasteiger partial charge in [-0.1, -0.05) is 42.0 Å². The average molecular weight is 295 g/mol. The molecule has 0 bridgehead atoms. The predicted octanol–water partition coefficient (Wildman–Crippen LogP) is 2.17. The van der Waals surface area contributed by atoms with E-state index in [4.69, 9.17) is 10.3 Å². The molecule has 108 valence electrons. The lowest BCUT2D eigenvalue weighted by Crippen LogP contribution is -2.53. The van der Waals surface area contributed by atoms with Crippen LogP contribution in [0.25, 0.3) is 10.4 Å². The summed E-state index contributed by atoms with van der Waals surface area (Å²) in [5, 5.41) is 23.5. The van der Waals surface area contributed by atoms with Crippen molar-refractivity contribution in [2.75, 3.05) is 6.54 Å². The summed E-state index contributed by atoms with van der Waals surface area (Å²) < 4.78 is 5.78. The van der Waals surface area contributed by atoms with E-state index in [1.54, 1.807) is 0 Å². The first kappa shape index (κ1) is 15.2. The fourth-order valence-electron chi connectivity index (χ4n) is 2.10. The number of benzene rings is 1. The van der Waals surface area contributed by atoms with Gasteiger partial charge in [-0.15, -0.1) is 0 Å². The molecule has 1 aliphatic heterocycles. The molecule has 0 saturated carbocycles. The van der Waals surface area contributed by atoms with Gasteiger partial charge in [-0.05, 0) is 17.7 Å². The maximum Gasteiger partial charge on any atom is 0.113 e. The van der Waals surface area contributed by atoms with Crippen molar-refractivity contribution in [2.24, 2.45) is 11.0 Å². The third-order valence-electron chi connectivity index (χ3n) is 3.33. The SMILES string of the molecule is CC1[C@@H](O)[C@H](O)C(CN=[N+]=[N-])O[C@H]1Sc1ccccc1. The van der Waals surface area contributed by atoms with Crippen LogP contribution in [0.1, 0.15) is 6.92 Å². The van der Waals surface area contributed by atoms with E-state index in [1.807, 2.05) is 37.3 Å². The van der Waals surface area contributed by atoms with Crippen LogP contribution in [0.5, 0.6) is 0 Å². The summed E-state index contributed by atoms with van der Waals surface area (Å²) >= 11 is 1.49. The van der Waals surface area contributed by atoms with Crippen LogP contribution in [0.2, 0.25) is 0 Å². The third-order valence-corrected chi connectivity index (χ3v) is 4.65. The Morgan fingerprint density at radius 1 is 1.30 bits per heavy atom. The number of azide groups is 1. The maximum absolute atomic E-state index is 10.1. The van der Waals surface area contributed by atoms with Gasteiger partial charge in [0.1, 0.15) is 11.5 Å². The molecule has 20 heavy (non-hydrogen) atoms. The summed E-state index contributed by atoms with van der Waals surface area (Å²) in [4.78, 5) is 3.69. The molecule has 0 spiro atoms. The topological polar surface area (TPSA) is 98.5 Å². The van der Waals surface area contributed by atoms with Gasteiger partial charge in [-0.3, -0.25) is 0 Å². The zero-order valence-corrected chi connectivity index (χ0v) is 11.8. The number of rotatable bonds is 4. The van der Waals surface area contributed by atoms with E-state index in [2.05, 4.69) is 10.0 Å². The van der Waals surface area contributed by atoms with E-state index in [-0.39, 0.29) is 17.9 Å². The van der Waals surface area contributed by atoms with Crippen molar-refractivity contribution >= 4 is 11.8 Å². The largest absolute Gasteiger partial charge is 0.390 e. The molecule has 2 unspecified atom stereocenters. The highest BCUT2D eigenvalue weighted by molar-refractivity contribution is 7.99. The number of thioether (sulfide) groups is 1. The second kappa shape index (κ2) is 6.97. The van der Waals surface area contributed by atoms with Crippen LogP contribution in [0.15, 0.2) is 40.3 Å². The molecule has 1 aromatic carbocycles. The molecule has 0 radical (unpaired) electrons. The number of ether oxygens (including phenoxy) is 1. The van der Waals surface area contributed by atoms with Crippen LogP contribution in [0, 0.1) is 5.92 Å². The minimum absolute atomic E-state index is 0.00724. The average Bonchev–Trinajstić information content (AvgIpc) is 2.48. The van der Waals surface area contributed by atoms with Crippen molar-refractivity contribution in [1.29, 1.82) is 0 Å². The summed E-state index contributed by atoms with van der Waals surface area (Å²) in [5.74, 6) is -0.225. The number of aliphatic hydroxyl groups excluding tert-OH is 2. The first-order valence-electron chi connectivity index (χ1n) is 6.37. The van der Waals surface area contributed by atoms with Crippen molar-refractivity contribution in [3.8, 4) is 0 Å². The Morgan fingerprint density at radius 2 is 2.00 bits per heavy atom. The van der Waals surface area contributed by atoms with Crippen LogP contribution in [0.4, 0.5) is 0 Å². The van der Waals surface area contributed by atoms with Gasteiger partial charge in [-0.25, -0.2) is 0 Å². The van der Waals surface area contributed by atoms with Crippen LogP contribution >= 0.6 is 11.8 Å². The predicted molar refractivity (Wildman–Crippen MR) is 76.2 cm³/mol. The molecule has 6 nitrogen and oxygen atoms in total. The zero-order chi connectivity index (χ0) is 14.5. The Morgan fingerprint density at radius 3 is 2.65 bits per heavy atom. The molecule has 2 rings (SSSR count). The monoisotopic (exact) mass is 295 g/mol. The van der Waals surface area contributed by atoms with Gasteiger partial charge in [0.15, 0.2) is 0 Å². The maximum atomic E-state index is 10.1. The lowest BCUT2D eigenvalue weighted by molar-refractivity contribution is -0.167. The highest BCUT2D eigenvalue weighted by Gasteiger charge is 2.42. The van der Waals surface area contributed by atoms with E-state index in [1.165, 1.54) is 11.8 Å². The van der Waals surface area contributed by atoms with Crippen molar-refractivity contribution < 1.29 is 14.9 Å². The molecule has 7 heteroatoms. The molecule has 1 aromatic rings. The second-order valence-corrected chi connectivity index (χ2v) is 5.90. The fraction of sp³-hybridized carbons (Fsp3) is 0.538. The van der Waals surface area contributed by atoms with Gasteiger partial charge in [0.05, 0.1) is 18.8 Å². The van der Waals surface area contributed by atoms with E-state index in [0.29, 0.717) is 0 Å².